The average Bonchev–Trinajstić information content (AvgIpc) is 2.26. The number of carbonyl (C=O) groups excluding carboxylic acids is 1. The lowest BCUT2D eigenvalue weighted by molar-refractivity contribution is -0.0432. The van der Waals surface area contributed by atoms with Crippen molar-refractivity contribution in [3.63, 3.8) is 0 Å². The van der Waals surface area contributed by atoms with E-state index in [0.717, 1.165) is 0 Å². The van der Waals surface area contributed by atoms with Crippen LogP contribution in [-0.2, 0) is 4.74 Å². The zero-order valence-corrected chi connectivity index (χ0v) is 11.5. The molecular weight excluding hydrogens is 236 g/mol. The van der Waals surface area contributed by atoms with E-state index in [1.165, 1.54) is 0 Å². The van der Waals surface area contributed by atoms with Gasteiger partial charge in [-0.15, -0.1) is 0 Å². The van der Waals surface area contributed by atoms with E-state index >= 15 is 0 Å². The molecule has 1 saturated heterocycles. The lowest BCUT2D eigenvalue weighted by atomic mass is 9.86. The number of likely N-dealkylation sites (tertiary alicyclic amines) is 1. The third-order valence-electron chi connectivity index (χ3n) is 3.22. The molecule has 104 valence electrons. The number of hydrogen-bond acceptors (Lipinski definition) is 5. The maximum atomic E-state index is 11.8. The second-order valence-electron chi connectivity index (χ2n) is 5.85. The Morgan fingerprint density at radius 1 is 1.39 bits per heavy atom. The quantitative estimate of drug-likeness (QED) is 0.767. The van der Waals surface area contributed by atoms with Gasteiger partial charge in [-0.1, -0.05) is 5.18 Å². The van der Waals surface area contributed by atoms with E-state index < -0.39 is 17.2 Å². The molecule has 1 atom stereocenters. The summed E-state index contributed by atoms with van der Waals surface area (Å²) < 4.78 is 5.25. The molecule has 0 aromatic rings. The van der Waals surface area contributed by atoms with Crippen molar-refractivity contribution in [1.82, 2.24) is 4.90 Å². The standard InChI is InChI=1S/C12H22N2O4/c1-9(13-17)12(16)5-7-14(8-6-12)10(15)18-11(2,3)4/h9,16H,5-8H2,1-4H3. The monoisotopic (exact) mass is 258 g/mol. The number of amides is 1. The highest BCUT2D eigenvalue weighted by atomic mass is 16.6. The van der Waals surface area contributed by atoms with Crippen molar-refractivity contribution in [2.45, 2.75) is 57.8 Å². The molecule has 0 bridgehead atoms. The number of ether oxygens (including phenoxy) is 1. The number of nitrogens with zero attached hydrogens (tertiary/aromatic N) is 2. The first kappa shape index (κ1) is 14.9. The molecule has 1 N–H and O–H groups in total. The Morgan fingerprint density at radius 3 is 2.28 bits per heavy atom. The molecule has 0 radical (unpaired) electrons. The Morgan fingerprint density at radius 2 is 1.89 bits per heavy atom. The molecule has 0 aromatic heterocycles. The normalized spacial score (nSPS) is 21.3. The zero-order valence-electron chi connectivity index (χ0n) is 11.5. The van der Waals surface area contributed by atoms with Crippen LogP contribution in [0.25, 0.3) is 0 Å². The topological polar surface area (TPSA) is 79.2 Å². The van der Waals surface area contributed by atoms with Gasteiger partial charge in [0.05, 0.1) is 5.60 Å². The van der Waals surface area contributed by atoms with E-state index in [4.69, 9.17) is 4.74 Å². The fourth-order valence-corrected chi connectivity index (χ4v) is 1.92. The Hall–Kier alpha value is -1.17. The van der Waals surface area contributed by atoms with Gasteiger partial charge >= 0.3 is 6.09 Å². The van der Waals surface area contributed by atoms with Gasteiger partial charge in [-0.05, 0) is 40.5 Å². The molecule has 0 spiro atoms. The van der Waals surface area contributed by atoms with Crippen LogP contribution >= 0.6 is 0 Å². The second kappa shape index (κ2) is 5.22. The van der Waals surface area contributed by atoms with Crippen LogP contribution in [0.1, 0.15) is 40.5 Å². The maximum absolute atomic E-state index is 11.8. The summed E-state index contributed by atoms with van der Waals surface area (Å²) in [5, 5.41) is 13.1. The van der Waals surface area contributed by atoms with Gasteiger partial charge < -0.3 is 14.7 Å². The Kier molecular flexibility index (Phi) is 4.32. The van der Waals surface area contributed by atoms with Crippen LogP contribution in [0.15, 0.2) is 5.18 Å². The van der Waals surface area contributed by atoms with Crippen LogP contribution in [-0.4, -0.2) is 46.4 Å². The Labute approximate surface area is 107 Å². The number of rotatable bonds is 2. The minimum atomic E-state index is -1.10. The van der Waals surface area contributed by atoms with Crippen LogP contribution in [0, 0.1) is 4.91 Å². The summed E-state index contributed by atoms with van der Waals surface area (Å²) >= 11 is 0. The summed E-state index contributed by atoms with van der Waals surface area (Å²) in [6.07, 6.45) is 0.314. The molecule has 1 amide bonds. The summed E-state index contributed by atoms with van der Waals surface area (Å²) in [5.41, 5.74) is -1.62. The summed E-state index contributed by atoms with van der Waals surface area (Å²) in [7, 11) is 0. The molecule has 0 saturated carbocycles. The first-order valence-corrected chi connectivity index (χ1v) is 6.21. The lowest BCUT2D eigenvalue weighted by Crippen LogP contribution is -2.52. The summed E-state index contributed by atoms with van der Waals surface area (Å²) in [6.45, 7) is 7.78. The van der Waals surface area contributed by atoms with Crippen molar-refractivity contribution < 1.29 is 14.6 Å². The van der Waals surface area contributed by atoms with Crippen molar-refractivity contribution in [2.75, 3.05) is 13.1 Å². The van der Waals surface area contributed by atoms with E-state index in [2.05, 4.69) is 5.18 Å². The van der Waals surface area contributed by atoms with Gasteiger partial charge in [-0.25, -0.2) is 4.79 Å². The molecule has 0 aromatic carbocycles. The summed E-state index contributed by atoms with van der Waals surface area (Å²) in [5.74, 6) is 0. The fraction of sp³-hybridized carbons (Fsp3) is 0.917. The molecule has 6 heteroatoms. The third kappa shape index (κ3) is 3.66. The smallest absolute Gasteiger partial charge is 0.410 e. The summed E-state index contributed by atoms with van der Waals surface area (Å²) in [6, 6.07) is -0.654. The molecule has 1 aliphatic rings. The largest absolute Gasteiger partial charge is 0.444 e. The first-order chi connectivity index (χ1) is 8.18. The molecule has 0 aliphatic carbocycles. The summed E-state index contributed by atoms with van der Waals surface area (Å²) in [4.78, 5) is 23.9. The molecule has 1 fully saturated rings. The van der Waals surface area contributed by atoms with Crippen molar-refractivity contribution in [2.24, 2.45) is 5.18 Å². The van der Waals surface area contributed by atoms with Crippen molar-refractivity contribution >= 4 is 6.09 Å². The molecule has 18 heavy (non-hydrogen) atoms. The highest BCUT2D eigenvalue weighted by molar-refractivity contribution is 5.68. The number of aliphatic hydroxyl groups is 1. The van der Waals surface area contributed by atoms with Crippen LogP contribution in [0.3, 0.4) is 0 Å². The Balaban J connectivity index is 2.54. The highest BCUT2D eigenvalue weighted by Crippen LogP contribution is 2.28. The van der Waals surface area contributed by atoms with Gasteiger partial charge in [0.2, 0.25) is 0 Å². The Bertz CT molecular complexity index is 317. The molecule has 1 unspecified atom stereocenters. The van der Waals surface area contributed by atoms with Crippen molar-refractivity contribution in [3.8, 4) is 0 Å². The van der Waals surface area contributed by atoms with Crippen molar-refractivity contribution in [3.05, 3.63) is 4.91 Å². The van der Waals surface area contributed by atoms with E-state index in [9.17, 15) is 14.8 Å². The number of hydrogen-bond donors (Lipinski definition) is 1. The van der Waals surface area contributed by atoms with Gasteiger partial charge in [0.15, 0.2) is 0 Å². The SMILES string of the molecule is CC(N=O)C1(O)CCN(C(=O)OC(C)(C)C)CC1. The molecular formula is C12H22N2O4. The van der Waals surface area contributed by atoms with Gasteiger partial charge in [-0.2, -0.15) is 4.91 Å². The number of carbonyl (C=O) groups is 1. The number of nitroso groups, excluding NO2 is 1. The van der Waals surface area contributed by atoms with Gasteiger partial charge in [0, 0.05) is 13.1 Å². The van der Waals surface area contributed by atoms with Crippen LogP contribution in [0.2, 0.25) is 0 Å². The maximum Gasteiger partial charge on any atom is 0.410 e. The van der Waals surface area contributed by atoms with E-state index in [-0.39, 0.29) is 6.09 Å². The van der Waals surface area contributed by atoms with Gasteiger partial charge in [0.25, 0.3) is 0 Å². The van der Waals surface area contributed by atoms with Crippen molar-refractivity contribution in [1.29, 1.82) is 0 Å². The van der Waals surface area contributed by atoms with Crippen LogP contribution in [0.5, 0.6) is 0 Å². The predicted octanol–water partition coefficient (Wildman–Crippen LogP) is 1.90. The molecule has 6 nitrogen and oxygen atoms in total. The van der Waals surface area contributed by atoms with Gasteiger partial charge in [0.1, 0.15) is 11.6 Å². The van der Waals surface area contributed by atoms with E-state index in [1.54, 1.807) is 11.8 Å². The minimum Gasteiger partial charge on any atom is -0.444 e. The zero-order chi connectivity index (χ0) is 14.0. The predicted molar refractivity (Wildman–Crippen MR) is 67.2 cm³/mol. The third-order valence-corrected chi connectivity index (χ3v) is 3.22. The molecule has 1 heterocycles. The minimum absolute atomic E-state index is 0.346. The molecule has 1 rings (SSSR count). The fourth-order valence-electron chi connectivity index (χ4n) is 1.92. The second-order valence-corrected chi connectivity index (χ2v) is 5.85. The first-order valence-electron chi connectivity index (χ1n) is 6.21. The van der Waals surface area contributed by atoms with E-state index in [0.29, 0.717) is 25.9 Å². The van der Waals surface area contributed by atoms with Crippen LogP contribution in [0.4, 0.5) is 4.79 Å². The van der Waals surface area contributed by atoms with Gasteiger partial charge in [-0.3, -0.25) is 0 Å². The van der Waals surface area contributed by atoms with E-state index in [1.807, 2.05) is 20.8 Å². The lowest BCUT2D eigenvalue weighted by Gasteiger charge is -2.39. The van der Waals surface area contributed by atoms with Crippen LogP contribution < -0.4 is 0 Å². The average molecular weight is 258 g/mol. The highest BCUT2D eigenvalue weighted by Gasteiger charge is 2.40. The molecule has 1 aliphatic heterocycles. The number of piperidine rings is 1.